The lowest BCUT2D eigenvalue weighted by Gasteiger charge is -2.29. The van der Waals surface area contributed by atoms with Crippen LogP contribution in [0.3, 0.4) is 0 Å². The average molecular weight is 520 g/mol. The Kier molecular flexibility index (Phi) is 6.68. The molecule has 1 amide bonds. The number of thiazole rings is 1. The monoisotopic (exact) mass is 519 g/mol. The van der Waals surface area contributed by atoms with Gasteiger partial charge in [-0.15, -0.1) is 0 Å². The zero-order valence-electron chi connectivity index (χ0n) is 20.5. The Balaban J connectivity index is 1.32. The van der Waals surface area contributed by atoms with Gasteiger partial charge in [-0.25, -0.2) is 15.0 Å². The standard InChI is InChI=1S/C25H29N9O2S/c26-14-17-15-34(16-27-17)21-6-4-5-18(28-21)24(35)29-19-13-20-22(30-23(19)32-7-2-1-3-8-32)31-25(37-20)33-9-11-36-12-10-33/h4-6,13,15-16H,1-3,7-12,14,26H2,(H,29,35). The van der Waals surface area contributed by atoms with Gasteiger partial charge in [0.1, 0.15) is 17.8 Å². The molecule has 11 nitrogen and oxygen atoms in total. The fourth-order valence-corrected chi connectivity index (χ4v) is 5.65. The van der Waals surface area contributed by atoms with Crippen molar-refractivity contribution in [2.45, 2.75) is 25.8 Å². The van der Waals surface area contributed by atoms with E-state index in [1.165, 1.54) is 6.42 Å². The van der Waals surface area contributed by atoms with Gasteiger partial charge in [0.15, 0.2) is 16.6 Å². The number of fused-ring (bicyclic) bond motifs is 1. The van der Waals surface area contributed by atoms with Crippen molar-refractivity contribution in [3.05, 3.63) is 48.2 Å². The van der Waals surface area contributed by atoms with Gasteiger partial charge in [-0.2, -0.15) is 4.98 Å². The van der Waals surface area contributed by atoms with Crippen LogP contribution < -0.4 is 20.9 Å². The zero-order chi connectivity index (χ0) is 25.2. The van der Waals surface area contributed by atoms with E-state index in [2.05, 4.69) is 25.1 Å². The predicted octanol–water partition coefficient (Wildman–Crippen LogP) is 2.81. The molecular formula is C25H29N9O2S. The fraction of sp³-hybridized carbons (Fsp3) is 0.400. The molecule has 6 heterocycles. The van der Waals surface area contributed by atoms with Crippen LogP contribution in [0.4, 0.5) is 16.6 Å². The molecule has 2 fully saturated rings. The summed E-state index contributed by atoms with van der Waals surface area (Å²) in [7, 11) is 0. The minimum absolute atomic E-state index is 0.293. The number of piperidine rings is 1. The predicted molar refractivity (Wildman–Crippen MR) is 144 cm³/mol. The molecule has 4 aromatic rings. The van der Waals surface area contributed by atoms with Crippen LogP contribution in [0.2, 0.25) is 0 Å². The Bertz CT molecular complexity index is 1410. The van der Waals surface area contributed by atoms with Crippen LogP contribution in [0.25, 0.3) is 16.2 Å². The number of ether oxygens (including phenoxy) is 1. The van der Waals surface area contributed by atoms with E-state index in [1.54, 1.807) is 28.3 Å². The number of nitrogens with one attached hydrogen (secondary N) is 1. The molecule has 0 aliphatic carbocycles. The van der Waals surface area contributed by atoms with Gasteiger partial charge in [0.25, 0.3) is 5.91 Å². The van der Waals surface area contributed by atoms with Crippen LogP contribution in [0, 0.1) is 0 Å². The second-order valence-corrected chi connectivity index (χ2v) is 10.1. The van der Waals surface area contributed by atoms with Crippen LogP contribution in [0.1, 0.15) is 35.4 Å². The third-order valence-corrected chi connectivity index (χ3v) is 7.67. The first-order valence-corrected chi connectivity index (χ1v) is 13.4. The summed E-state index contributed by atoms with van der Waals surface area (Å²) in [4.78, 5) is 36.5. The van der Waals surface area contributed by atoms with Crippen LogP contribution in [0.5, 0.6) is 0 Å². The number of amides is 1. The number of hydrogen-bond donors (Lipinski definition) is 2. The van der Waals surface area contributed by atoms with Crippen LogP contribution in [-0.2, 0) is 11.3 Å². The summed E-state index contributed by atoms with van der Waals surface area (Å²) in [5.74, 6) is 1.07. The van der Waals surface area contributed by atoms with E-state index in [0.29, 0.717) is 42.6 Å². The number of aromatic nitrogens is 5. The number of nitrogens with two attached hydrogens (primary N) is 1. The Hall–Kier alpha value is -3.61. The second kappa shape index (κ2) is 10.4. The number of rotatable bonds is 6. The number of carbonyl (C=O) groups is 1. The average Bonchev–Trinajstić information content (AvgIpc) is 3.61. The number of anilines is 3. The van der Waals surface area contributed by atoms with Crippen molar-refractivity contribution in [3.8, 4) is 5.82 Å². The van der Waals surface area contributed by atoms with Crippen LogP contribution in [0.15, 0.2) is 36.8 Å². The Morgan fingerprint density at radius 3 is 2.68 bits per heavy atom. The van der Waals surface area contributed by atoms with E-state index in [0.717, 1.165) is 60.4 Å². The number of imidazole rings is 1. The first-order chi connectivity index (χ1) is 18.2. The van der Waals surface area contributed by atoms with E-state index in [4.69, 9.17) is 20.4 Å². The molecule has 192 valence electrons. The van der Waals surface area contributed by atoms with Crippen LogP contribution >= 0.6 is 11.3 Å². The summed E-state index contributed by atoms with van der Waals surface area (Å²) >= 11 is 1.59. The second-order valence-electron chi connectivity index (χ2n) is 9.14. The molecule has 0 aromatic carbocycles. The van der Waals surface area contributed by atoms with E-state index < -0.39 is 0 Å². The summed E-state index contributed by atoms with van der Waals surface area (Å²) < 4.78 is 8.19. The normalized spacial score (nSPS) is 16.4. The maximum absolute atomic E-state index is 13.4. The summed E-state index contributed by atoms with van der Waals surface area (Å²) in [5.41, 5.74) is 8.13. The third-order valence-electron chi connectivity index (χ3n) is 6.61. The Morgan fingerprint density at radius 2 is 1.89 bits per heavy atom. The third kappa shape index (κ3) is 4.99. The molecule has 0 bridgehead atoms. The highest BCUT2D eigenvalue weighted by Crippen LogP contribution is 2.35. The largest absolute Gasteiger partial charge is 0.378 e. The molecule has 37 heavy (non-hydrogen) atoms. The van der Waals surface area contributed by atoms with Crippen molar-refractivity contribution in [1.82, 2.24) is 24.5 Å². The smallest absolute Gasteiger partial charge is 0.274 e. The molecule has 6 rings (SSSR count). The van der Waals surface area contributed by atoms with E-state index in [9.17, 15) is 4.79 Å². The zero-order valence-corrected chi connectivity index (χ0v) is 21.3. The molecule has 4 aromatic heterocycles. The number of nitrogens with zero attached hydrogens (tertiary/aromatic N) is 7. The molecule has 2 aliphatic rings. The maximum atomic E-state index is 13.4. The molecule has 2 aliphatic heterocycles. The van der Waals surface area contributed by atoms with E-state index in [-0.39, 0.29) is 5.91 Å². The van der Waals surface area contributed by atoms with Crippen molar-refractivity contribution >= 4 is 44.2 Å². The van der Waals surface area contributed by atoms with Gasteiger partial charge < -0.3 is 25.6 Å². The SMILES string of the molecule is NCc1cn(-c2cccc(C(=O)Nc3cc4sc(N5CCOCC5)nc4nc3N3CCCCC3)n2)cn1. The van der Waals surface area contributed by atoms with Gasteiger partial charge in [0.05, 0.1) is 29.3 Å². The first-order valence-electron chi connectivity index (χ1n) is 12.6. The summed E-state index contributed by atoms with van der Waals surface area (Å²) in [6.07, 6.45) is 6.86. The van der Waals surface area contributed by atoms with Crippen molar-refractivity contribution in [2.75, 3.05) is 54.5 Å². The topological polar surface area (TPSA) is 127 Å². The molecule has 0 radical (unpaired) electrons. The molecule has 0 unspecified atom stereocenters. The Labute approximate surface area is 218 Å². The van der Waals surface area contributed by atoms with Crippen molar-refractivity contribution in [3.63, 3.8) is 0 Å². The number of hydrogen-bond acceptors (Lipinski definition) is 10. The lowest BCUT2D eigenvalue weighted by atomic mass is 10.1. The number of carbonyl (C=O) groups excluding carboxylic acids is 1. The highest BCUT2D eigenvalue weighted by atomic mass is 32.1. The summed E-state index contributed by atoms with van der Waals surface area (Å²) in [6.45, 7) is 5.17. The highest BCUT2D eigenvalue weighted by Gasteiger charge is 2.23. The van der Waals surface area contributed by atoms with E-state index >= 15 is 0 Å². The van der Waals surface area contributed by atoms with Crippen molar-refractivity contribution in [2.24, 2.45) is 5.73 Å². The number of morpholine rings is 1. The molecule has 0 spiro atoms. The fourth-order valence-electron chi connectivity index (χ4n) is 4.65. The lowest BCUT2D eigenvalue weighted by Crippen LogP contribution is -2.36. The minimum Gasteiger partial charge on any atom is -0.378 e. The highest BCUT2D eigenvalue weighted by molar-refractivity contribution is 7.22. The van der Waals surface area contributed by atoms with Gasteiger partial charge in [-0.3, -0.25) is 9.36 Å². The summed E-state index contributed by atoms with van der Waals surface area (Å²) in [6, 6.07) is 7.34. The molecule has 2 saturated heterocycles. The van der Waals surface area contributed by atoms with Crippen LogP contribution in [-0.4, -0.2) is 69.8 Å². The van der Waals surface area contributed by atoms with Gasteiger partial charge in [-0.05, 0) is 37.5 Å². The number of pyridine rings is 2. The van der Waals surface area contributed by atoms with E-state index in [1.807, 2.05) is 24.4 Å². The minimum atomic E-state index is -0.293. The van der Waals surface area contributed by atoms with Crippen molar-refractivity contribution < 1.29 is 9.53 Å². The van der Waals surface area contributed by atoms with Crippen molar-refractivity contribution in [1.29, 1.82) is 0 Å². The van der Waals surface area contributed by atoms with Gasteiger partial charge in [0, 0.05) is 38.9 Å². The molecule has 12 heteroatoms. The maximum Gasteiger partial charge on any atom is 0.274 e. The van der Waals surface area contributed by atoms with Gasteiger partial charge >= 0.3 is 0 Å². The molecule has 0 atom stereocenters. The summed E-state index contributed by atoms with van der Waals surface area (Å²) in [5, 5.41) is 4.03. The molecule has 0 saturated carbocycles. The first kappa shape index (κ1) is 23.8. The van der Waals surface area contributed by atoms with Gasteiger partial charge in [0.2, 0.25) is 0 Å². The van der Waals surface area contributed by atoms with Gasteiger partial charge in [-0.1, -0.05) is 17.4 Å². The quantitative estimate of drug-likeness (QED) is 0.395. The Morgan fingerprint density at radius 1 is 1.05 bits per heavy atom. The molecular weight excluding hydrogens is 490 g/mol. The lowest BCUT2D eigenvalue weighted by molar-refractivity contribution is 0.102. The molecule has 3 N–H and O–H groups in total.